The highest BCUT2D eigenvalue weighted by Gasteiger charge is 2.40. The lowest BCUT2D eigenvalue weighted by Gasteiger charge is -2.47. The second-order valence-corrected chi connectivity index (χ2v) is 8.95. The Balaban J connectivity index is 1.52. The topological polar surface area (TPSA) is 49.9 Å². The van der Waals surface area contributed by atoms with E-state index < -0.39 is 5.60 Å². The Kier molecular flexibility index (Phi) is 4.86. The van der Waals surface area contributed by atoms with Crippen molar-refractivity contribution in [2.24, 2.45) is 5.41 Å². The van der Waals surface area contributed by atoms with Gasteiger partial charge in [-0.25, -0.2) is 4.79 Å². The molecule has 0 radical (unpaired) electrons. The first-order valence-electron chi connectivity index (χ1n) is 9.65. The van der Waals surface area contributed by atoms with E-state index in [1.807, 2.05) is 32.6 Å². The number of allylic oxidation sites excluding steroid dienone is 2. The summed E-state index contributed by atoms with van der Waals surface area (Å²) in [6, 6.07) is 0. The average Bonchev–Trinajstić information content (AvgIpc) is 2.87. The van der Waals surface area contributed by atoms with Gasteiger partial charge in [0.15, 0.2) is 5.78 Å². The molecule has 2 saturated heterocycles. The number of rotatable bonds is 1. The van der Waals surface area contributed by atoms with Crippen LogP contribution in [0, 0.1) is 5.41 Å². The van der Waals surface area contributed by atoms with Crippen LogP contribution in [0.3, 0.4) is 0 Å². The predicted octanol–water partition coefficient (Wildman–Crippen LogP) is 3.74. The highest BCUT2D eigenvalue weighted by Crippen LogP contribution is 2.43. The number of ether oxygens (including phenoxy) is 1. The van der Waals surface area contributed by atoms with Gasteiger partial charge in [-0.15, -0.1) is 0 Å². The van der Waals surface area contributed by atoms with Gasteiger partial charge in [-0.2, -0.15) is 0 Å². The fourth-order valence-corrected chi connectivity index (χ4v) is 4.40. The van der Waals surface area contributed by atoms with Gasteiger partial charge in [-0.3, -0.25) is 4.79 Å². The molecule has 0 bridgehead atoms. The number of likely N-dealkylation sites (tertiary alicyclic amines) is 2. The largest absolute Gasteiger partial charge is 0.444 e. The van der Waals surface area contributed by atoms with E-state index in [0.717, 1.165) is 51.0 Å². The van der Waals surface area contributed by atoms with Gasteiger partial charge in [0, 0.05) is 43.9 Å². The standard InChI is InChI=1S/C20H32N2O3/c1-15-16(5-6-17(15)23)21-11-7-20(8-12-21)9-13-22(14-10-20)18(24)25-19(2,3)4/h5-14H2,1-4H3. The maximum atomic E-state index is 12.2. The van der Waals surface area contributed by atoms with E-state index in [1.165, 1.54) is 18.5 Å². The van der Waals surface area contributed by atoms with Crippen LogP contribution in [0.1, 0.15) is 66.2 Å². The molecule has 2 fully saturated rings. The molecule has 1 spiro atoms. The molecule has 140 valence electrons. The lowest BCUT2D eigenvalue weighted by molar-refractivity contribution is -0.114. The number of nitrogens with zero attached hydrogens (tertiary/aromatic N) is 2. The molecule has 25 heavy (non-hydrogen) atoms. The summed E-state index contributed by atoms with van der Waals surface area (Å²) in [5, 5.41) is 0. The minimum atomic E-state index is -0.429. The molecular formula is C20H32N2O3. The number of ketones is 1. The quantitative estimate of drug-likeness (QED) is 0.724. The van der Waals surface area contributed by atoms with Crippen molar-refractivity contribution in [2.75, 3.05) is 26.2 Å². The monoisotopic (exact) mass is 348 g/mol. The summed E-state index contributed by atoms with van der Waals surface area (Å²) in [4.78, 5) is 28.3. The fourth-order valence-electron chi connectivity index (χ4n) is 4.40. The van der Waals surface area contributed by atoms with Crippen LogP contribution < -0.4 is 0 Å². The molecule has 0 atom stereocenters. The van der Waals surface area contributed by atoms with E-state index in [1.54, 1.807) is 0 Å². The molecule has 2 aliphatic heterocycles. The van der Waals surface area contributed by atoms with Crippen molar-refractivity contribution >= 4 is 11.9 Å². The van der Waals surface area contributed by atoms with Crippen LogP contribution in [-0.4, -0.2) is 53.5 Å². The average molecular weight is 348 g/mol. The molecule has 1 amide bonds. The third-order valence-electron chi connectivity index (χ3n) is 6.12. The van der Waals surface area contributed by atoms with Crippen LogP contribution in [0.4, 0.5) is 4.79 Å². The Hall–Kier alpha value is -1.52. The maximum absolute atomic E-state index is 12.2. The summed E-state index contributed by atoms with van der Waals surface area (Å²) in [5.41, 5.74) is 2.20. The van der Waals surface area contributed by atoms with Gasteiger partial charge in [0.05, 0.1) is 0 Å². The second-order valence-electron chi connectivity index (χ2n) is 8.95. The van der Waals surface area contributed by atoms with Crippen LogP contribution in [0.5, 0.6) is 0 Å². The van der Waals surface area contributed by atoms with Gasteiger partial charge in [-0.05, 0) is 65.2 Å². The summed E-state index contributed by atoms with van der Waals surface area (Å²) in [6.07, 6.45) is 5.90. The molecule has 0 N–H and O–H groups in total. The van der Waals surface area contributed by atoms with Crippen molar-refractivity contribution in [1.82, 2.24) is 9.80 Å². The highest BCUT2D eigenvalue weighted by molar-refractivity contribution is 5.97. The molecule has 2 heterocycles. The third kappa shape index (κ3) is 4.01. The van der Waals surface area contributed by atoms with Crippen molar-refractivity contribution < 1.29 is 14.3 Å². The molecule has 0 aromatic carbocycles. The Morgan fingerprint density at radius 2 is 1.56 bits per heavy atom. The van der Waals surface area contributed by atoms with Gasteiger partial charge in [-0.1, -0.05) is 0 Å². The summed E-state index contributed by atoms with van der Waals surface area (Å²) in [5.74, 6) is 0.320. The van der Waals surface area contributed by atoms with E-state index in [9.17, 15) is 9.59 Å². The van der Waals surface area contributed by atoms with Crippen LogP contribution in [0.2, 0.25) is 0 Å². The number of amides is 1. The summed E-state index contributed by atoms with van der Waals surface area (Å²) in [6.45, 7) is 11.4. The van der Waals surface area contributed by atoms with Crippen molar-refractivity contribution in [3.8, 4) is 0 Å². The molecule has 5 heteroatoms. The first kappa shape index (κ1) is 18.3. The number of hydrogen-bond acceptors (Lipinski definition) is 4. The summed E-state index contributed by atoms with van der Waals surface area (Å²) in [7, 11) is 0. The van der Waals surface area contributed by atoms with Crippen LogP contribution in [-0.2, 0) is 9.53 Å². The minimum absolute atomic E-state index is 0.176. The molecule has 0 aromatic heterocycles. The van der Waals surface area contributed by atoms with Crippen molar-refractivity contribution in [2.45, 2.75) is 71.8 Å². The van der Waals surface area contributed by atoms with Crippen molar-refractivity contribution in [3.63, 3.8) is 0 Å². The molecule has 0 aromatic rings. The van der Waals surface area contributed by atoms with E-state index in [-0.39, 0.29) is 6.09 Å². The van der Waals surface area contributed by atoms with Crippen molar-refractivity contribution in [3.05, 3.63) is 11.3 Å². The third-order valence-corrected chi connectivity index (χ3v) is 6.12. The van der Waals surface area contributed by atoms with E-state index in [0.29, 0.717) is 17.6 Å². The summed E-state index contributed by atoms with van der Waals surface area (Å²) < 4.78 is 5.50. The number of hydrogen-bond donors (Lipinski definition) is 0. The Bertz CT molecular complexity index is 570. The van der Waals surface area contributed by atoms with E-state index >= 15 is 0 Å². The van der Waals surface area contributed by atoms with E-state index in [4.69, 9.17) is 4.74 Å². The zero-order valence-electron chi connectivity index (χ0n) is 16.2. The molecule has 0 unspecified atom stereocenters. The molecule has 0 saturated carbocycles. The Labute approximate surface area is 151 Å². The lowest BCUT2D eigenvalue weighted by atomic mass is 9.71. The van der Waals surface area contributed by atoms with Gasteiger partial charge in [0.1, 0.15) is 5.60 Å². The molecule has 3 aliphatic rings. The zero-order chi connectivity index (χ0) is 18.2. The highest BCUT2D eigenvalue weighted by atomic mass is 16.6. The number of carbonyl (C=O) groups is 2. The smallest absolute Gasteiger partial charge is 0.410 e. The minimum Gasteiger partial charge on any atom is -0.444 e. The fraction of sp³-hybridized carbons (Fsp3) is 0.800. The number of piperidine rings is 2. The first-order valence-corrected chi connectivity index (χ1v) is 9.65. The lowest BCUT2D eigenvalue weighted by Crippen LogP contribution is -2.49. The zero-order valence-corrected chi connectivity index (χ0v) is 16.2. The first-order chi connectivity index (χ1) is 11.7. The van der Waals surface area contributed by atoms with E-state index in [2.05, 4.69) is 4.90 Å². The Morgan fingerprint density at radius 1 is 1.00 bits per heavy atom. The van der Waals surface area contributed by atoms with Crippen LogP contribution >= 0.6 is 0 Å². The Morgan fingerprint density at radius 3 is 2.04 bits per heavy atom. The number of carbonyl (C=O) groups excluding carboxylic acids is 2. The van der Waals surface area contributed by atoms with Gasteiger partial charge in [0.25, 0.3) is 0 Å². The number of Topliss-reactive ketones (excluding diaryl/α,β-unsaturated/α-hetero) is 1. The molecule has 3 rings (SSSR count). The van der Waals surface area contributed by atoms with Gasteiger partial charge in [0.2, 0.25) is 0 Å². The molecular weight excluding hydrogens is 316 g/mol. The normalized spacial score (nSPS) is 24.2. The SMILES string of the molecule is CC1=C(N2CCC3(CCN(C(=O)OC(C)(C)C)CC3)CC2)CCC1=O. The van der Waals surface area contributed by atoms with Crippen molar-refractivity contribution in [1.29, 1.82) is 0 Å². The van der Waals surface area contributed by atoms with Gasteiger partial charge < -0.3 is 14.5 Å². The predicted molar refractivity (Wildman–Crippen MR) is 97.2 cm³/mol. The van der Waals surface area contributed by atoms with Crippen LogP contribution in [0.25, 0.3) is 0 Å². The van der Waals surface area contributed by atoms with Gasteiger partial charge >= 0.3 is 6.09 Å². The summed E-state index contributed by atoms with van der Waals surface area (Å²) >= 11 is 0. The molecule has 5 nitrogen and oxygen atoms in total. The molecule has 1 aliphatic carbocycles. The second kappa shape index (κ2) is 6.65. The maximum Gasteiger partial charge on any atom is 0.410 e. The van der Waals surface area contributed by atoms with Crippen LogP contribution in [0.15, 0.2) is 11.3 Å².